The largest absolute Gasteiger partial charge is 0.257 e. The maximum atomic E-state index is 5.04. The van der Waals surface area contributed by atoms with Gasteiger partial charge in [-0.1, -0.05) is 52.0 Å². The summed E-state index contributed by atoms with van der Waals surface area (Å²) in [6, 6.07) is 9.53. The van der Waals surface area contributed by atoms with Crippen LogP contribution in [0.3, 0.4) is 0 Å². The third kappa shape index (κ3) is 4.84. The second-order valence-corrected chi connectivity index (χ2v) is 10.3. The highest BCUT2D eigenvalue weighted by Gasteiger charge is 2.18. The van der Waals surface area contributed by atoms with Crippen LogP contribution < -0.4 is 0 Å². The standard InChI is InChI=1S/C29H38N2/c1-18(2)26-16-22(13-20(5)28(26)30-24-9-7-10-24)15-23-14-21(6)29(27(17-23)19(3)4)31-25-11-8-12-25/h13-14,16-19H,7-12,15H2,1-6H3. The maximum absolute atomic E-state index is 5.04. The highest BCUT2D eigenvalue weighted by molar-refractivity contribution is 5.92. The summed E-state index contributed by atoms with van der Waals surface area (Å²) in [5.74, 6) is 0.957. The molecule has 164 valence electrons. The van der Waals surface area contributed by atoms with Crippen LogP contribution in [0.4, 0.5) is 11.4 Å². The van der Waals surface area contributed by atoms with Crippen molar-refractivity contribution in [2.75, 3.05) is 0 Å². The molecule has 0 N–H and O–H groups in total. The molecule has 0 saturated heterocycles. The van der Waals surface area contributed by atoms with Crippen molar-refractivity contribution in [2.45, 2.75) is 98.3 Å². The molecule has 2 nitrogen and oxygen atoms in total. The zero-order valence-electron chi connectivity index (χ0n) is 20.3. The van der Waals surface area contributed by atoms with Crippen molar-refractivity contribution in [3.63, 3.8) is 0 Å². The molecule has 0 bridgehead atoms. The monoisotopic (exact) mass is 414 g/mol. The first-order valence-electron chi connectivity index (χ1n) is 12.2. The van der Waals surface area contributed by atoms with E-state index in [-0.39, 0.29) is 0 Å². The van der Waals surface area contributed by atoms with E-state index in [1.165, 1.54) is 94.7 Å². The predicted octanol–water partition coefficient (Wildman–Crippen LogP) is 8.65. The zero-order valence-corrected chi connectivity index (χ0v) is 20.3. The first kappa shape index (κ1) is 22.0. The van der Waals surface area contributed by atoms with Gasteiger partial charge in [-0.15, -0.1) is 0 Å². The number of nitrogens with zero attached hydrogens (tertiary/aromatic N) is 2. The van der Waals surface area contributed by atoms with Crippen molar-refractivity contribution in [2.24, 2.45) is 9.98 Å². The van der Waals surface area contributed by atoms with Crippen molar-refractivity contribution < 1.29 is 0 Å². The van der Waals surface area contributed by atoms with Gasteiger partial charge in [0.1, 0.15) is 0 Å². The van der Waals surface area contributed by atoms with Gasteiger partial charge in [-0.2, -0.15) is 0 Å². The molecular formula is C29H38N2. The van der Waals surface area contributed by atoms with Gasteiger partial charge >= 0.3 is 0 Å². The van der Waals surface area contributed by atoms with E-state index in [0.717, 1.165) is 6.42 Å². The van der Waals surface area contributed by atoms with Crippen molar-refractivity contribution in [1.29, 1.82) is 0 Å². The minimum absolute atomic E-state index is 0.478. The summed E-state index contributed by atoms with van der Waals surface area (Å²) in [5, 5.41) is 0. The molecule has 2 aromatic rings. The fourth-order valence-electron chi connectivity index (χ4n) is 4.60. The van der Waals surface area contributed by atoms with Crippen LogP contribution in [-0.4, -0.2) is 11.4 Å². The normalized spacial score (nSPS) is 15.9. The van der Waals surface area contributed by atoms with Gasteiger partial charge in [0.2, 0.25) is 0 Å². The lowest BCUT2D eigenvalue weighted by atomic mass is 9.89. The number of benzene rings is 2. The molecule has 0 unspecified atom stereocenters. The van der Waals surface area contributed by atoms with Crippen LogP contribution in [0.1, 0.15) is 111 Å². The van der Waals surface area contributed by atoms with Gasteiger partial charge in [-0.3, -0.25) is 9.98 Å². The SMILES string of the molecule is Cc1cc(Cc2cc(C)c(N=C3CCC3)c(C(C)C)c2)cc(C(C)C)c1N=C1CCC1. The Morgan fingerprint density at radius 1 is 0.645 bits per heavy atom. The molecule has 0 amide bonds. The summed E-state index contributed by atoms with van der Waals surface area (Å²) in [6.07, 6.45) is 8.25. The summed E-state index contributed by atoms with van der Waals surface area (Å²) in [7, 11) is 0. The van der Waals surface area contributed by atoms with Crippen molar-refractivity contribution >= 4 is 22.8 Å². The van der Waals surface area contributed by atoms with E-state index in [4.69, 9.17) is 9.98 Å². The van der Waals surface area contributed by atoms with Crippen molar-refractivity contribution in [1.82, 2.24) is 0 Å². The average molecular weight is 415 g/mol. The molecule has 31 heavy (non-hydrogen) atoms. The summed E-state index contributed by atoms with van der Waals surface area (Å²) >= 11 is 0. The predicted molar refractivity (Wildman–Crippen MR) is 135 cm³/mol. The van der Waals surface area contributed by atoms with E-state index in [1.54, 1.807) is 0 Å². The lowest BCUT2D eigenvalue weighted by Gasteiger charge is -2.21. The topological polar surface area (TPSA) is 24.7 Å². The van der Waals surface area contributed by atoms with Crippen LogP contribution in [0.5, 0.6) is 0 Å². The van der Waals surface area contributed by atoms with E-state index in [1.807, 2.05) is 0 Å². The molecule has 0 aromatic heterocycles. The Hall–Kier alpha value is -2.22. The van der Waals surface area contributed by atoms with Gasteiger partial charge in [-0.25, -0.2) is 0 Å². The molecule has 4 rings (SSSR count). The molecule has 2 fully saturated rings. The van der Waals surface area contributed by atoms with E-state index in [9.17, 15) is 0 Å². The second kappa shape index (κ2) is 9.10. The van der Waals surface area contributed by atoms with Crippen LogP contribution in [-0.2, 0) is 6.42 Å². The number of rotatable bonds is 6. The molecule has 0 heterocycles. The van der Waals surface area contributed by atoms with E-state index >= 15 is 0 Å². The van der Waals surface area contributed by atoms with Gasteiger partial charge in [0.05, 0.1) is 11.4 Å². The van der Waals surface area contributed by atoms with Gasteiger partial charge in [0.15, 0.2) is 0 Å². The van der Waals surface area contributed by atoms with E-state index in [2.05, 4.69) is 65.8 Å². The van der Waals surface area contributed by atoms with Crippen LogP contribution >= 0.6 is 0 Å². The van der Waals surface area contributed by atoms with E-state index < -0.39 is 0 Å². The Balaban J connectivity index is 1.68. The quantitative estimate of drug-likeness (QED) is 0.452. The molecule has 2 saturated carbocycles. The summed E-state index contributed by atoms with van der Waals surface area (Å²) in [4.78, 5) is 10.1. The lowest BCUT2D eigenvalue weighted by Crippen LogP contribution is -2.09. The highest BCUT2D eigenvalue weighted by Crippen LogP contribution is 2.37. The van der Waals surface area contributed by atoms with Crippen LogP contribution in [0.25, 0.3) is 0 Å². The molecule has 2 aliphatic rings. The second-order valence-electron chi connectivity index (χ2n) is 10.3. The molecular weight excluding hydrogens is 376 g/mol. The molecule has 0 radical (unpaired) electrons. The Bertz CT molecular complexity index is 942. The number of aliphatic imine (C=N–C) groups is 2. The summed E-state index contributed by atoms with van der Waals surface area (Å²) in [5.41, 5.74) is 13.4. The Morgan fingerprint density at radius 3 is 1.32 bits per heavy atom. The molecule has 2 aliphatic carbocycles. The summed E-state index contributed by atoms with van der Waals surface area (Å²) in [6.45, 7) is 13.6. The maximum Gasteiger partial charge on any atom is 0.0692 e. The highest BCUT2D eigenvalue weighted by atomic mass is 14.8. The number of hydrogen-bond acceptors (Lipinski definition) is 2. The third-order valence-corrected chi connectivity index (χ3v) is 6.83. The molecule has 2 heteroatoms. The van der Waals surface area contributed by atoms with Crippen LogP contribution in [0.2, 0.25) is 0 Å². The Kier molecular flexibility index (Phi) is 6.46. The molecule has 2 aromatic carbocycles. The zero-order chi connectivity index (χ0) is 22.1. The molecule has 0 aliphatic heterocycles. The Morgan fingerprint density at radius 2 is 1.03 bits per heavy atom. The van der Waals surface area contributed by atoms with Gasteiger partial charge in [-0.05, 0) is 104 Å². The minimum atomic E-state index is 0.478. The number of hydrogen-bond donors (Lipinski definition) is 0. The first-order valence-corrected chi connectivity index (χ1v) is 12.2. The van der Waals surface area contributed by atoms with Gasteiger partial charge < -0.3 is 0 Å². The molecule has 0 spiro atoms. The van der Waals surface area contributed by atoms with Gasteiger partial charge in [0.25, 0.3) is 0 Å². The van der Waals surface area contributed by atoms with Crippen molar-refractivity contribution in [3.05, 3.63) is 57.6 Å². The Labute approximate surface area is 188 Å². The summed E-state index contributed by atoms with van der Waals surface area (Å²) < 4.78 is 0. The van der Waals surface area contributed by atoms with E-state index in [0.29, 0.717) is 11.8 Å². The molecule has 0 atom stereocenters. The number of aryl methyl sites for hydroxylation is 2. The van der Waals surface area contributed by atoms with Gasteiger partial charge in [0, 0.05) is 11.4 Å². The third-order valence-electron chi connectivity index (χ3n) is 6.83. The lowest BCUT2D eigenvalue weighted by molar-refractivity contribution is 0.799. The van der Waals surface area contributed by atoms with Crippen molar-refractivity contribution in [3.8, 4) is 0 Å². The van der Waals surface area contributed by atoms with Crippen LogP contribution in [0, 0.1) is 13.8 Å². The fraction of sp³-hybridized carbons (Fsp3) is 0.517. The first-order chi connectivity index (χ1) is 14.8. The minimum Gasteiger partial charge on any atom is -0.257 e. The fourth-order valence-corrected chi connectivity index (χ4v) is 4.60. The smallest absolute Gasteiger partial charge is 0.0692 e. The van der Waals surface area contributed by atoms with Crippen LogP contribution in [0.15, 0.2) is 34.3 Å². The average Bonchev–Trinajstić information content (AvgIpc) is 2.62.